The van der Waals surface area contributed by atoms with Crippen LogP contribution in [0.4, 0.5) is 0 Å². The predicted octanol–water partition coefficient (Wildman–Crippen LogP) is 4.03. The van der Waals surface area contributed by atoms with Crippen LogP contribution in [0.2, 0.25) is 10.0 Å². The van der Waals surface area contributed by atoms with Gasteiger partial charge in [0, 0.05) is 24.7 Å². The van der Waals surface area contributed by atoms with E-state index >= 15 is 0 Å². The van der Waals surface area contributed by atoms with Gasteiger partial charge >= 0.3 is 0 Å². The lowest BCUT2D eigenvalue weighted by molar-refractivity contribution is 0.240. The van der Waals surface area contributed by atoms with E-state index in [0.717, 1.165) is 23.4 Å². The van der Waals surface area contributed by atoms with Gasteiger partial charge in [-0.25, -0.2) is 0 Å². The molecular weight excluding hydrogens is 295 g/mol. The van der Waals surface area contributed by atoms with Gasteiger partial charge in [-0.15, -0.1) is 0 Å². The average Bonchev–Trinajstić information content (AvgIpc) is 2.80. The van der Waals surface area contributed by atoms with Crippen LogP contribution in [0.3, 0.4) is 0 Å². The monoisotopic (exact) mass is 312 g/mol. The van der Waals surface area contributed by atoms with Crippen LogP contribution >= 0.6 is 23.2 Å². The van der Waals surface area contributed by atoms with Crippen molar-refractivity contribution in [2.45, 2.75) is 19.5 Å². The molecule has 3 nitrogen and oxygen atoms in total. The van der Waals surface area contributed by atoms with E-state index in [1.54, 1.807) is 12.3 Å². The number of hydrogen-bond donors (Lipinski definition) is 1. The normalized spacial score (nSPS) is 12.9. The number of furan rings is 1. The van der Waals surface area contributed by atoms with Crippen molar-refractivity contribution >= 4 is 23.2 Å². The third-order valence-corrected chi connectivity index (χ3v) is 4.21. The smallest absolute Gasteiger partial charge is 0.105 e. The largest absolute Gasteiger partial charge is 0.469 e. The molecule has 2 rings (SSSR count). The number of likely N-dealkylation sites (N-methyl/N-ethyl adjacent to an activating group) is 1. The molecule has 2 aromatic rings. The van der Waals surface area contributed by atoms with E-state index in [9.17, 15) is 0 Å². The number of nitrogens with two attached hydrogens (primary N) is 1. The molecule has 1 aromatic heterocycles. The maximum absolute atomic E-state index is 6.08. The van der Waals surface area contributed by atoms with E-state index in [1.807, 2.05) is 32.2 Å². The zero-order valence-electron chi connectivity index (χ0n) is 11.6. The van der Waals surface area contributed by atoms with Crippen LogP contribution in [-0.4, -0.2) is 18.5 Å². The van der Waals surface area contributed by atoms with Crippen molar-refractivity contribution in [3.63, 3.8) is 0 Å². The van der Waals surface area contributed by atoms with Gasteiger partial charge in [-0.3, -0.25) is 4.90 Å². The summed E-state index contributed by atoms with van der Waals surface area (Å²) < 4.78 is 5.32. The Labute approximate surface area is 129 Å². The van der Waals surface area contributed by atoms with Crippen LogP contribution in [0.15, 0.2) is 34.9 Å². The molecule has 0 saturated carbocycles. The minimum absolute atomic E-state index is 0.0825. The van der Waals surface area contributed by atoms with Crippen LogP contribution in [-0.2, 0) is 6.54 Å². The maximum atomic E-state index is 6.08. The molecular formula is C15H18Cl2N2O. The highest BCUT2D eigenvalue weighted by molar-refractivity contribution is 6.42. The van der Waals surface area contributed by atoms with Crippen LogP contribution in [0.1, 0.15) is 22.9 Å². The van der Waals surface area contributed by atoms with Crippen molar-refractivity contribution in [1.82, 2.24) is 4.90 Å². The topological polar surface area (TPSA) is 42.4 Å². The van der Waals surface area contributed by atoms with Gasteiger partial charge in [-0.05, 0) is 37.7 Å². The molecule has 0 spiro atoms. The molecule has 5 heteroatoms. The number of rotatable bonds is 5. The molecule has 1 unspecified atom stereocenters. The molecule has 0 bridgehead atoms. The summed E-state index contributed by atoms with van der Waals surface area (Å²) in [6.07, 6.45) is 1.70. The van der Waals surface area contributed by atoms with Gasteiger partial charge < -0.3 is 10.2 Å². The Hall–Kier alpha value is -1.000. The van der Waals surface area contributed by atoms with Crippen LogP contribution in [0.25, 0.3) is 0 Å². The van der Waals surface area contributed by atoms with Gasteiger partial charge in [0.05, 0.1) is 16.3 Å². The van der Waals surface area contributed by atoms with Gasteiger partial charge in [0.1, 0.15) is 5.76 Å². The molecule has 0 aliphatic heterocycles. The van der Waals surface area contributed by atoms with Crippen LogP contribution in [0, 0.1) is 6.92 Å². The van der Waals surface area contributed by atoms with Crippen molar-refractivity contribution in [3.05, 3.63) is 57.5 Å². The standard InChI is InChI=1S/C15H18Cl2N2O/c1-10-12(5-6-20-10)9-19(2)15(8-18)11-3-4-13(16)14(17)7-11/h3-7,15H,8-9,18H2,1-2H3. The molecule has 0 amide bonds. The van der Waals surface area contributed by atoms with E-state index < -0.39 is 0 Å². The van der Waals surface area contributed by atoms with Crippen molar-refractivity contribution < 1.29 is 4.42 Å². The number of benzene rings is 1. The fourth-order valence-electron chi connectivity index (χ4n) is 2.24. The Morgan fingerprint density at radius 1 is 1.25 bits per heavy atom. The van der Waals surface area contributed by atoms with Crippen LogP contribution in [0.5, 0.6) is 0 Å². The van der Waals surface area contributed by atoms with Gasteiger partial charge in [0.2, 0.25) is 0 Å². The van der Waals surface area contributed by atoms with Crippen molar-refractivity contribution in [2.75, 3.05) is 13.6 Å². The summed E-state index contributed by atoms with van der Waals surface area (Å²) in [4.78, 5) is 2.18. The highest BCUT2D eigenvalue weighted by atomic mass is 35.5. The number of aryl methyl sites for hydroxylation is 1. The van der Waals surface area contributed by atoms with Gasteiger partial charge in [0.15, 0.2) is 0 Å². The number of hydrogen-bond acceptors (Lipinski definition) is 3. The zero-order valence-corrected chi connectivity index (χ0v) is 13.1. The summed E-state index contributed by atoms with van der Waals surface area (Å²) in [6, 6.07) is 7.71. The Morgan fingerprint density at radius 2 is 2.00 bits per heavy atom. The fourth-order valence-corrected chi connectivity index (χ4v) is 2.55. The van der Waals surface area contributed by atoms with E-state index in [1.165, 1.54) is 0 Å². The minimum Gasteiger partial charge on any atom is -0.469 e. The molecule has 0 aliphatic rings. The first-order valence-electron chi connectivity index (χ1n) is 6.41. The van der Waals surface area contributed by atoms with Gasteiger partial charge in [0.25, 0.3) is 0 Å². The molecule has 0 radical (unpaired) electrons. The maximum Gasteiger partial charge on any atom is 0.105 e. The van der Waals surface area contributed by atoms with Crippen molar-refractivity contribution in [3.8, 4) is 0 Å². The quantitative estimate of drug-likeness (QED) is 0.906. The van der Waals surface area contributed by atoms with Gasteiger partial charge in [-0.2, -0.15) is 0 Å². The van der Waals surface area contributed by atoms with Crippen LogP contribution < -0.4 is 5.73 Å². The highest BCUT2D eigenvalue weighted by Crippen LogP contribution is 2.28. The molecule has 1 aromatic carbocycles. The summed E-state index contributed by atoms with van der Waals surface area (Å²) in [6.45, 7) is 3.23. The predicted molar refractivity (Wildman–Crippen MR) is 83.2 cm³/mol. The molecule has 108 valence electrons. The first kappa shape index (κ1) is 15.4. The average molecular weight is 313 g/mol. The second-order valence-electron chi connectivity index (χ2n) is 4.84. The summed E-state index contributed by atoms with van der Waals surface area (Å²) in [7, 11) is 2.03. The third-order valence-electron chi connectivity index (χ3n) is 3.47. The third kappa shape index (κ3) is 3.36. The highest BCUT2D eigenvalue weighted by Gasteiger charge is 2.18. The molecule has 0 aliphatic carbocycles. The fraction of sp³-hybridized carbons (Fsp3) is 0.333. The van der Waals surface area contributed by atoms with E-state index in [-0.39, 0.29) is 6.04 Å². The first-order valence-corrected chi connectivity index (χ1v) is 7.16. The molecule has 1 atom stereocenters. The lowest BCUT2D eigenvalue weighted by Gasteiger charge is -2.27. The van der Waals surface area contributed by atoms with Gasteiger partial charge in [-0.1, -0.05) is 29.3 Å². The number of halogens is 2. The Balaban J connectivity index is 2.18. The summed E-state index contributed by atoms with van der Waals surface area (Å²) in [5.41, 5.74) is 8.14. The van der Waals surface area contributed by atoms with E-state index in [2.05, 4.69) is 4.90 Å². The summed E-state index contributed by atoms with van der Waals surface area (Å²) in [5, 5.41) is 1.11. The Bertz CT molecular complexity index is 583. The van der Waals surface area contributed by atoms with E-state index in [4.69, 9.17) is 33.4 Å². The lowest BCUT2D eigenvalue weighted by atomic mass is 10.1. The molecule has 20 heavy (non-hydrogen) atoms. The second kappa shape index (κ2) is 6.64. The van der Waals surface area contributed by atoms with E-state index in [0.29, 0.717) is 16.6 Å². The minimum atomic E-state index is 0.0825. The molecule has 0 fully saturated rings. The first-order chi connectivity index (χ1) is 9.52. The van der Waals surface area contributed by atoms with Crippen molar-refractivity contribution in [2.24, 2.45) is 5.73 Å². The lowest BCUT2D eigenvalue weighted by Crippen LogP contribution is -2.30. The van der Waals surface area contributed by atoms with Crippen molar-refractivity contribution in [1.29, 1.82) is 0 Å². The molecule has 1 heterocycles. The summed E-state index contributed by atoms with van der Waals surface area (Å²) in [5.74, 6) is 0.932. The second-order valence-corrected chi connectivity index (χ2v) is 5.66. The summed E-state index contributed by atoms with van der Waals surface area (Å²) >= 11 is 12.0. The SMILES string of the molecule is Cc1occc1CN(C)C(CN)c1ccc(Cl)c(Cl)c1. The molecule has 2 N–H and O–H groups in total. The zero-order chi connectivity index (χ0) is 14.7. The molecule has 0 saturated heterocycles. The number of nitrogens with zero attached hydrogens (tertiary/aromatic N) is 1. The Morgan fingerprint density at radius 3 is 2.55 bits per heavy atom. The Kier molecular flexibility index (Phi) is 5.11.